The highest BCUT2D eigenvalue weighted by molar-refractivity contribution is 6.44. The Morgan fingerprint density at radius 1 is 1.24 bits per heavy atom. The molecule has 33 heavy (non-hydrogen) atoms. The van der Waals surface area contributed by atoms with Gasteiger partial charge in [0.25, 0.3) is 17.6 Å². The average Bonchev–Trinajstić information content (AvgIpc) is 3.15. The molecule has 1 saturated carbocycles. The number of fused-ring (bicyclic) bond motifs is 1. The van der Waals surface area contributed by atoms with Crippen molar-refractivity contribution in [3.8, 4) is 0 Å². The van der Waals surface area contributed by atoms with Crippen LogP contribution in [0, 0.1) is 12.7 Å². The summed E-state index contributed by atoms with van der Waals surface area (Å²) in [7, 11) is 0. The van der Waals surface area contributed by atoms with Gasteiger partial charge in [-0.15, -0.1) is 0 Å². The second-order valence-corrected chi connectivity index (χ2v) is 8.83. The third kappa shape index (κ3) is 3.55. The first-order chi connectivity index (χ1) is 15.8. The molecule has 2 amide bonds. The summed E-state index contributed by atoms with van der Waals surface area (Å²) in [6.07, 6.45) is 4.43. The first kappa shape index (κ1) is 21.5. The molecule has 172 valence electrons. The minimum absolute atomic E-state index is 0.0544. The van der Waals surface area contributed by atoms with Gasteiger partial charge in [0.2, 0.25) is 0 Å². The van der Waals surface area contributed by atoms with Crippen LogP contribution in [0.3, 0.4) is 0 Å². The van der Waals surface area contributed by atoms with Crippen LogP contribution in [-0.2, 0) is 17.8 Å². The smallest absolute Gasteiger partial charge is 0.293 e. The third-order valence-corrected chi connectivity index (χ3v) is 6.65. The summed E-state index contributed by atoms with van der Waals surface area (Å²) in [6, 6.07) is 4.33. The fraction of sp³-hybridized carbons (Fsp3) is 0.318. The highest BCUT2D eigenvalue weighted by Gasteiger charge is 2.50. The molecule has 2 aromatic rings. The SMILES string of the molecule is Cc1c(C(=O)C(=O)NC2(C3=CNNN3)CC2)c2n(c1C(=O)Nc1cccc(Cl)c1F)CCC2. The van der Waals surface area contributed by atoms with Crippen LogP contribution in [-0.4, -0.2) is 27.7 Å². The number of aromatic nitrogens is 1. The number of nitrogens with zero attached hydrogens (tertiary/aromatic N) is 1. The van der Waals surface area contributed by atoms with Crippen molar-refractivity contribution < 1.29 is 18.8 Å². The molecule has 1 aromatic heterocycles. The Balaban J connectivity index is 1.43. The van der Waals surface area contributed by atoms with Crippen LogP contribution in [0.1, 0.15) is 51.4 Å². The Morgan fingerprint density at radius 2 is 2.03 bits per heavy atom. The number of carbonyl (C=O) groups is 3. The van der Waals surface area contributed by atoms with Gasteiger partial charge >= 0.3 is 0 Å². The van der Waals surface area contributed by atoms with Crippen LogP contribution in [0.4, 0.5) is 10.1 Å². The van der Waals surface area contributed by atoms with E-state index in [-0.39, 0.29) is 22.0 Å². The van der Waals surface area contributed by atoms with E-state index in [0.717, 1.165) is 12.1 Å². The minimum atomic E-state index is -0.734. The summed E-state index contributed by atoms with van der Waals surface area (Å²) >= 11 is 5.82. The number of nitrogens with one attached hydrogen (secondary N) is 5. The van der Waals surface area contributed by atoms with Gasteiger partial charge < -0.3 is 26.1 Å². The number of hydrogen-bond donors (Lipinski definition) is 5. The normalized spacial score (nSPS) is 17.5. The van der Waals surface area contributed by atoms with Crippen molar-refractivity contribution in [2.75, 3.05) is 5.32 Å². The van der Waals surface area contributed by atoms with Crippen molar-refractivity contribution in [1.29, 1.82) is 0 Å². The van der Waals surface area contributed by atoms with Gasteiger partial charge in [0.05, 0.1) is 27.5 Å². The number of rotatable bonds is 6. The zero-order valence-electron chi connectivity index (χ0n) is 17.8. The second-order valence-electron chi connectivity index (χ2n) is 8.42. The molecule has 0 atom stereocenters. The number of benzene rings is 1. The Bertz CT molecular complexity index is 1230. The molecule has 0 radical (unpaired) electrons. The summed E-state index contributed by atoms with van der Waals surface area (Å²) in [5.41, 5.74) is 10.1. The number of halogens is 2. The van der Waals surface area contributed by atoms with Crippen molar-refractivity contribution in [3.05, 3.63) is 63.5 Å². The number of anilines is 1. The van der Waals surface area contributed by atoms with Crippen molar-refractivity contribution in [2.45, 2.75) is 44.7 Å². The molecular formula is C22H22ClFN6O3. The van der Waals surface area contributed by atoms with Crippen LogP contribution >= 0.6 is 11.6 Å². The Hall–Kier alpha value is -3.37. The lowest BCUT2D eigenvalue weighted by atomic mass is 10.0. The first-order valence-corrected chi connectivity index (χ1v) is 11.0. The van der Waals surface area contributed by atoms with E-state index in [1.165, 1.54) is 18.2 Å². The van der Waals surface area contributed by atoms with E-state index in [4.69, 9.17) is 11.6 Å². The quantitative estimate of drug-likeness (QED) is 0.325. The van der Waals surface area contributed by atoms with E-state index in [1.807, 2.05) is 0 Å². The van der Waals surface area contributed by atoms with Crippen LogP contribution in [0.2, 0.25) is 5.02 Å². The molecule has 1 aromatic carbocycles. The largest absolute Gasteiger partial charge is 0.340 e. The van der Waals surface area contributed by atoms with Gasteiger partial charge in [-0.3, -0.25) is 14.4 Å². The van der Waals surface area contributed by atoms with E-state index in [1.54, 1.807) is 17.7 Å². The summed E-state index contributed by atoms with van der Waals surface area (Å²) < 4.78 is 16.0. The minimum Gasteiger partial charge on any atom is -0.340 e. The summed E-state index contributed by atoms with van der Waals surface area (Å²) in [5.74, 6) is -2.70. The summed E-state index contributed by atoms with van der Waals surface area (Å²) in [6.45, 7) is 2.17. The zero-order valence-corrected chi connectivity index (χ0v) is 18.5. The number of hydrazine groups is 2. The lowest BCUT2D eigenvalue weighted by Gasteiger charge is -2.18. The molecule has 5 rings (SSSR count). The fourth-order valence-corrected chi connectivity index (χ4v) is 4.75. The van der Waals surface area contributed by atoms with E-state index in [0.29, 0.717) is 37.1 Å². The number of ketones is 1. The summed E-state index contributed by atoms with van der Waals surface area (Å²) in [4.78, 5) is 39.3. The molecule has 11 heteroatoms. The first-order valence-electron chi connectivity index (χ1n) is 10.6. The van der Waals surface area contributed by atoms with Crippen molar-refractivity contribution in [3.63, 3.8) is 0 Å². The van der Waals surface area contributed by atoms with Gasteiger partial charge in [-0.1, -0.05) is 17.7 Å². The van der Waals surface area contributed by atoms with E-state index in [9.17, 15) is 18.8 Å². The molecule has 9 nitrogen and oxygen atoms in total. The van der Waals surface area contributed by atoms with Crippen LogP contribution in [0.25, 0.3) is 0 Å². The van der Waals surface area contributed by atoms with Gasteiger partial charge in [0, 0.05) is 18.4 Å². The molecule has 0 bridgehead atoms. The maximum Gasteiger partial charge on any atom is 0.293 e. The van der Waals surface area contributed by atoms with Gasteiger partial charge in [-0.2, -0.15) is 5.53 Å². The van der Waals surface area contributed by atoms with Gasteiger partial charge in [0.1, 0.15) is 5.69 Å². The maximum absolute atomic E-state index is 14.3. The molecular weight excluding hydrogens is 451 g/mol. The second kappa shape index (κ2) is 7.89. The molecule has 0 spiro atoms. The Labute approximate surface area is 193 Å². The number of Topliss-reactive ketones (excluding diaryl/α,β-unsaturated/α-hetero) is 1. The molecule has 3 aliphatic rings. The van der Waals surface area contributed by atoms with E-state index in [2.05, 4.69) is 27.0 Å². The Morgan fingerprint density at radius 3 is 2.73 bits per heavy atom. The Kier molecular flexibility index (Phi) is 5.13. The average molecular weight is 473 g/mol. The summed E-state index contributed by atoms with van der Waals surface area (Å²) in [5, 5.41) is 5.28. The fourth-order valence-electron chi connectivity index (χ4n) is 4.57. The predicted molar refractivity (Wildman–Crippen MR) is 119 cm³/mol. The maximum atomic E-state index is 14.3. The monoisotopic (exact) mass is 472 g/mol. The van der Waals surface area contributed by atoms with Gasteiger partial charge in [0.15, 0.2) is 5.82 Å². The van der Waals surface area contributed by atoms with E-state index >= 15 is 0 Å². The number of hydrogen-bond acceptors (Lipinski definition) is 6. The van der Waals surface area contributed by atoms with Gasteiger partial charge in [-0.25, -0.2) is 4.39 Å². The standard InChI is InChI=1S/C22H22ClFN6O3/c1-11-16(19(31)21(33)27-22(7-8-22)15-10-25-29-28-15)14-6-3-9-30(14)18(11)20(32)26-13-5-2-4-12(23)17(13)24/h2,4-5,10,25,28-29H,3,6-9H2,1H3,(H,26,32)(H,27,33). The predicted octanol–water partition coefficient (Wildman–Crippen LogP) is 2.07. The molecule has 1 aliphatic carbocycles. The third-order valence-electron chi connectivity index (χ3n) is 6.36. The lowest BCUT2D eigenvalue weighted by molar-refractivity contribution is -0.117. The molecule has 3 heterocycles. The van der Waals surface area contributed by atoms with Crippen molar-refractivity contribution in [1.82, 2.24) is 26.3 Å². The number of carbonyl (C=O) groups excluding carboxylic acids is 3. The topological polar surface area (TPSA) is 116 Å². The van der Waals surface area contributed by atoms with Crippen molar-refractivity contribution >= 4 is 34.9 Å². The van der Waals surface area contributed by atoms with Crippen LogP contribution in [0.15, 0.2) is 30.1 Å². The van der Waals surface area contributed by atoms with Crippen LogP contribution in [0.5, 0.6) is 0 Å². The molecule has 1 fully saturated rings. The van der Waals surface area contributed by atoms with Crippen molar-refractivity contribution in [2.24, 2.45) is 0 Å². The molecule has 0 saturated heterocycles. The molecule has 2 aliphatic heterocycles. The van der Waals surface area contributed by atoms with Gasteiger partial charge in [-0.05, 0) is 50.3 Å². The highest BCUT2D eigenvalue weighted by atomic mass is 35.5. The number of amides is 2. The molecule has 0 unspecified atom stereocenters. The highest BCUT2D eigenvalue weighted by Crippen LogP contribution is 2.41. The van der Waals surface area contributed by atoms with Crippen LogP contribution < -0.4 is 27.0 Å². The lowest BCUT2D eigenvalue weighted by Crippen LogP contribution is -2.46. The van der Waals surface area contributed by atoms with E-state index < -0.39 is 29.0 Å². The molecule has 5 N–H and O–H groups in total. The zero-order chi connectivity index (χ0) is 23.3.